The van der Waals surface area contributed by atoms with E-state index >= 15 is 0 Å². The zero-order valence-electron chi connectivity index (χ0n) is 18.1. The van der Waals surface area contributed by atoms with Crippen LogP contribution in [0.3, 0.4) is 0 Å². The Hall–Kier alpha value is -2.84. The summed E-state index contributed by atoms with van der Waals surface area (Å²) < 4.78 is 0. The van der Waals surface area contributed by atoms with E-state index in [1.807, 2.05) is 0 Å². The Morgan fingerprint density at radius 3 is 2.03 bits per heavy atom. The Morgan fingerprint density at radius 2 is 1.42 bits per heavy atom. The highest BCUT2D eigenvalue weighted by Gasteiger charge is 2.09. The molecular formula is C28H31ClN2. The molecule has 3 aromatic rings. The molecule has 3 aromatic carbocycles. The van der Waals surface area contributed by atoms with Gasteiger partial charge < -0.3 is 5.32 Å². The summed E-state index contributed by atoms with van der Waals surface area (Å²) >= 11 is 0. The highest BCUT2D eigenvalue weighted by atomic mass is 35.5. The van der Waals surface area contributed by atoms with E-state index in [4.69, 9.17) is 4.99 Å². The number of nitrogens with zero attached hydrogens (tertiary/aromatic N) is 1. The van der Waals surface area contributed by atoms with Crippen LogP contribution in [-0.4, -0.2) is 12.4 Å². The molecule has 31 heavy (non-hydrogen) atoms. The summed E-state index contributed by atoms with van der Waals surface area (Å²) in [5.74, 6) is 1.17. The van der Waals surface area contributed by atoms with Crippen LogP contribution in [-0.2, 0) is 0 Å². The van der Waals surface area contributed by atoms with Crippen LogP contribution in [0.1, 0.15) is 60.9 Å². The van der Waals surface area contributed by atoms with Gasteiger partial charge in [0.15, 0.2) is 0 Å². The van der Waals surface area contributed by atoms with Gasteiger partial charge in [0.1, 0.15) is 0 Å². The van der Waals surface area contributed by atoms with Gasteiger partial charge in [-0.3, -0.25) is 4.99 Å². The van der Waals surface area contributed by atoms with Crippen molar-refractivity contribution in [3.63, 3.8) is 0 Å². The van der Waals surface area contributed by atoms with Crippen LogP contribution in [0.4, 0.5) is 0 Å². The Labute approximate surface area is 192 Å². The van der Waals surface area contributed by atoms with Crippen molar-refractivity contribution in [1.82, 2.24) is 5.32 Å². The fraction of sp³-hybridized carbons (Fsp3) is 0.250. The standard InChI is InChI=1S/C28H30N2.ClH/c1-22(30-28-15-9-4-10-20-29-28)24-18-16-23(17-19-24)21-27(25-11-5-2-6-12-25)26-13-7-3-8-14-26;/h2-3,5-8,11-14,16-19,21-22H,4,9-10,15,20H2,1H3,(H,29,30);1H. The van der Waals surface area contributed by atoms with Gasteiger partial charge in [0.05, 0.1) is 11.9 Å². The molecule has 0 aromatic heterocycles. The van der Waals surface area contributed by atoms with Gasteiger partial charge in [0, 0.05) is 13.0 Å². The quantitative estimate of drug-likeness (QED) is 0.421. The first kappa shape index (κ1) is 22.8. The highest BCUT2D eigenvalue weighted by Crippen LogP contribution is 2.27. The highest BCUT2D eigenvalue weighted by molar-refractivity contribution is 5.91. The smallest absolute Gasteiger partial charge is 0.0970 e. The lowest BCUT2D eigenvalue weighted by atomic mass is 9.95. The second kappa shape index (κ2) is 11.5. The number of hydrogen-bond acceptors (Lipinski definition) is 1. The first-order valence-electron chi connectivity index (χ1n) is 11.0. The average molecular weight is 431 g/mol. The summed E-state index contributed by atoms with van der Waals surface area (Å²) in [4.78, 5) is 4.94. The van der Waals surface area contributed by atoms with E-state index in [1.54, 1.807) is 0 Å². The van der Waals surface area contributed by atoms with Crippen LogP contribution < -0.4 is 5.32 Å². The summed E-state index contributed by atoms with van der Waals surface area (Å²) in [7, 11) is 0. The molecule has 1 atom stereocenters. The normalized spacial score (nSPS) is 15.8. The molecule has 1 fully saturated rings. The van der Waals surface area contributed by atoms with Crippen molar-refractivity contribution in [2.75, 3.05) is 6.54 Å². The van der Waals surface area contributed by atoms with Gasteiger partial charge in [0.25, 0.3) is 0 Å². The minimum Gasteiger partial charge on any atom is -0.374 e. The lowest BCUT2D eigenvalue weighted by Gasteiger charge is -2.12. The lowest BCUT2D eigenvalue weighted by molar-refractivity contribution is 0.721. The lowest BCUT2D eigenvalue weighted by Crippen LogP contribution is -2.22. The number of halogens is 1. The molecule has 1 unspecified atom stereocenters. The van der Waals surface area contributed by atoms with Gasteiger partial charge in [0.2, 0.25) is 0 Å². The Balaban J connectivity index is 0.00000272. The van der Waals surface area contributed by atoms with E-state index in [2.05, 4.69) is 103 Å². The van der Waals surface area contributed by atoms with Crippen LogP contribution in [0.5, 0.6) is 0 Å². The minimum absolute atomic E-state index is 0. The van der Waals surface area contributed by atoms with E-state index in [0.717, 1.165) is 13.0 Å². The number of amidine groups is 1. The molecular weight excluding hydrogens is 400 g/mol. The zero-order chi connectivity index (χ0) is 20.6. The van der Waals surface area contributed by atoms with E-state index < -0.39 is 0 Å². The second-order valence-electron chi connectivity index (χ2n) is 7.95. The molecule has 160 valence electrons. The number of aliphatic imine (C=N–C) groups is 1. The monoisotopic (exact) mass is 430 g/mol. The fourth-order valence-electron chi connectivity index (χ4n) is 3.94. The molecule has 1 saturated heterocycles. The van der Waals surface area contributed by atoms with Crippen LogP contribution >= 0.6 is 12.4 Å². The average Bonchev–Trinajstić information content (AvgIpc) is 3.08. The summed E-state index contributed by atoms with van der Waals surface area (Å²) in [6, 6.07) is 30.2. The second-order valence-corrected chi connectivity index (χ2v) is 7.95. The first-order chi connectivity index (χ1) is 14.8. The fourth-order valence-corrected chi connectivity index (χ4v) is 3.94. The SMILES string of the molecule is CC(/N=C1\CCCCCN1)c1ccc(C=C(c2ccccc2)c2ccccc2)cc1.Cl. The van der Waals surface area contributed by atoms with E-state index in [9.17, 15) is 0 Å². The number of hydrogen-bond donors (Lipinski definition) is 1. The van der Waals surface area contributed by atoms with Crippen molar-refractivity contribution in [3.8, 4) is 0 Å². The topological polar surface area (TPSA) is 24.4 Å². The van der Waals surface area contributed by atoms with Crippen molar-refractivity contribution < 1.29 is 0 Å². The third-order valence-corrected chi connectivity index (χ3v) is 5.67. The molecule has 2 nitrogen and oxygen atoms in total. The number of benzene rings is 3. The van der Waals surface area contributed by atoms with Crippen LogP contribution in [0.25, 0.3) is 11.6 Å². The van der Waals surface area contributed by atoms with E-state index in [-0.39, 0.29) is 18.4 Å². The summed E-state index contributed by atoms with van der Waals surface area (Å²) in [6.45, 7) is 3.24. The molecule has 0 spiro atoms. The molecule has 0 amide bonds. The predicted molar refractivity (Wildman–Crippen MR) is 136 cm³/mol. The first-order valence-corrected chi connectivity index (χ1v) is 11.0. The van der Waals surface area contributed by atoms with Gasteiger partial charge in [-0.05, 0) is 53.7 Å². The van der Waals surface area contributed by atoms with Gasteiger partial charge in [-0.25, -0.2) is 0 Å². The molecule has 1 N–H and O–H groups in total. The number of nitrogens with one attached hydrogen (secondary N) is 1. The van der Waals surface area contributed by atoms with E-state index in [1.165, 1.54) is 52.9 Å². The molecule has 0 radical (unpaired) electrons. The third kappa shape index (κ3) is 6.32. The van der Waals surface area contributed by atoms with Crippen molar-refractivity contribution >= 4 is 29.9 Å². The molecule has 4 rings (SSSR count). The Morgan fingerprint density at radius 1 is 0.806 bits per heavy atom. The van der Waals surface area contributed by atoms with Gasteiger partial charge >= 0.3 is 0 Å². The molecule has 0 bridgehead atoms. The van der Waals surface area contributed by atoms with Crippen LogP contribution in [0, 0.1) is 0 Å². The van der Waals surface area contributed by atoms with Gasteiger partial charge in [-0.2, -0.15) is 0 Å². The summed E-state index contributed by atoms with van der Waals surface area (Å²) in [6.07, 6.45) is 7.14. The third-order valence-electron chi connectivity index (χ3n) is 5.67. The van der Waals surface area contributed by atoms with Gasteiger partial charge in [-0.1, -0.05) is 91.3 Å². The molecule has 1 heterocycles. The molecule has 1 aliphatic rings. The van der Waals surface area contributed by atoms with Crippen molar-refractivity contribution in [1.29, 1.82) is 0 Å². The van der Waals surface area contributed by atoms with Crippen molar-refractivity contribution in [2.45, 2.75) is 38.6 Å². The Kier molecular flexibility index (Phi) is 8.49. The molecule has 0 saturated carbocycles. The maximum atomic E-state index is 4.94. The molecule has 0 aliphatic carbocycles. The van der Waals surface area contributed by atoms with Crippen LogP contribution in [0.15, 0.2) is 89.9 Å². The minimum atomic E-state index is 0. The molecule has 3 heteroatoms. The zero-order valence-corrected chi connectivity index (χ0v) is 18.9. The van der Waals surface area contributed by atoms with Crippen LogP contribution in [0.2, 0.25) is 0 Å². The van der Waals surface area contributed by atoms with E-state index in [0.29, 0.717) is 0 Å². The summed E-state index contributed by atoms with van der Waals surface area (Å²) in [5.41, 5.74) is 6.15. The largest absolute Gasteiger partial charge is 0.374 e. The van der Waals surface area contributed by atoms with Gasteiger partial charge in [-0.15, -0.1) is 12.4 Å². The maximum Gasteiger partial charge on any atom is 0.0970 e. The number of rotatable bonds is 5. The van der Waals surface area contributed by atoms with Crippen molar-refractivity contribution in [2.24, 2.45) is 4.99 Å². The van der Waals surface area contributed by atoms with Crippen molar-refractivity contribution in [3.05, 3.63) is 107 Å². The summed E-state index contributed by atoms with van der Waals surface area (Å²) in [5, 5.41) is 3.50. The predicted octanol–water partition coefficient (Wildman–Crippen LogP) is 7.32. The molecule has 1 aliphatic heterocycles. The maximum absolute atomic E-state index is 4.94. The Bertz CT molecular complexity index is 941.